The number of hydrogen-bond acceptors (Lipinski definition) is 1. The summed E-state index contributed by atoms with van der Waals surface area (Å²) in [6.07, 6.45) is 8.87. The molecule has 0 atom stereocenters. The summed E-state index contributed by atoms with van der Waals surface area (Å²) in [5, 5.41) is 3.11. The van der Waals surface area contributed by atoms with Crippen molar-refractivity contribution in [2.75, 3.05) is 0 Å². The Balaban J connectivity index is 2.62. The number of nitrogens with one attached hydrogen (secondary N) is 1. The second kappa shape index (κ2) is 4.95. The van der Waals surface area contributed by atoms with Crippen LogP contribution in [0.25, 0.3) is 0 Å². The smallest absolute Gasteiger partial charge is 0.238 e. The highest BCUT2D eigenvalue weighted by atomic mass is 14.7. The van der Waals surface area contributed by atoms with E-state index in [9.17, 15) is 0 Å². The van der Waals surface area contributed by atoms with Crippen molar-refractivity contribution in [2.45, 2.75) is 33.5 Å². The predicted molar refractivity (Wildman–Crippen MR) is 59.6 cm³/mol. The quantitative estimate of drug-likeness (QED) is 0.648. The molecule has 13 heavy (non-hydrogen) atoms. The van der Waals surface area contributed by atoms with Crippen LogP contribution in [0.2, 0.25) is 6.82 Å². The number of hydrogen-bond donors (Lipinski definition) is 1. The van der Waals surface area contributed by atoms with Gasteiger partial charge < -0.3 is 5.23 Å². The van der Waals surface area contributed by atoms with Gasteiger partial charge in [-0.3, -0.25) is 0 Å². The third-order valence-corrected chi connectivity index (χ3v) is 2.33. The minimum absolute atomic E-state index is 1.18. The van der Waals surface area contributed by atoms with Crippen molar-refractivity contribution in [3.05, 3.63) is 35.1 Å². The van der Waals surface area contributed by atoms with Crippen LogP contribution in [0.1, 0.15) is 26.7 Å². The van der Waals surface area contributed by atoms with E-state index in [1.165, 1.54) is 29.6 Å². The van der Waals surface area contributed by atoms with Crippen LogP contribution in [0, 0.1) is 0 Å². The van der Waals surface area contributed by atoms with Crippen LogP contribution in [0.5, 0.6) is 0 Å². The summed E-state index contributed by atoms with van der Waals surface area (Å²) >= 11 is 0. The zero-order chi connectivity index (χ0) is 9.68. The minimum Gasteiger partial charge on any atom is -0.438 e. The van der Waals surface area contributed by atoms with E-state index in [4.69, 9.17) is 0 Å². The molecule has 0 aromatic heterocycles. The Bertz CT molecular complexity index is 261. The standard InChI is InChI=1S/C11H17BN/c1-9-4-6-11(7-5-9)10(2)8-13-12-3/h4,6,8,13H,5,7H2,1-3H3/b10-8+. The fraction of sp³-hybridized carbons (Fsp3) is 0.455. The zero-order valence-electron chi connectivity index (χ0n) is 8.72. The van der Waals surface area contributed by atoms with Crippen molar-refractivity contribution in [1.82, 2.24) is 5.23 Å². The van der Waals surface area contributed by atoms with Crippen LogP contribution in [-0.2, 0) is 0 Å². The normalized spacial score (nSPS) is 17.6. The molecular formula is C11H17BN. The summed E-state index contributed by atoms with van der Waals surface area (Å²) in [6, 6.07) is 0. The summed E-state index contributed by atoms with van der Waals surface area (Å²) in [7, 11) is 1.94. The van der Waals surface area contributed by atoms with Crippen LogP contribution >= 0.6 is 0 Å². The maximum Gasteiger partial charge on any atom is 0.238 e. The molecule has 0 fully saturated rings. The summed E-state index contributed by atoms with van der Waals surface area (Å²) in [5.74, 6) is 0. The van der Waals surface area contributed by atoms with E-state index < -0.39 is 0 Å². The Kier molecular flexibility index (Phi) is 3.87. The molecule has 0 amide bonds. The molecule has 1 aliphatic rings. The SMILES string of the molecule is C[B]N/C=C(\C)C1=CC=C(C)CC1. The van der Waals surface area contributed by atoms with Crippen molar-refractivity contribution in [1.29, 1.82) is 0 Å². The predicted octanol–water partition coefficient (Wildman–Crippen LogP) is 2.81. The van der Waals surface area contributed by atoms with Gasteiger partial charge in [0.2, 0.25) is 7.41 Å². The first-order valence-corrected chi connectivity index (χ1v) is 4.81. The third kappa shape index (κ3) is 3.13. The average molecular weight is 174 g/mol. The molecule has 0 spiro atoms. The van der Waals surface area contributed by atoms with Crippen molar-refractivity contribution in [2.24, 2.45) is 0 Å². The number of allylic oxidation sites excluding steroid dienone is 5. The maximum atomic E-state index is 3.11. The van der Waals surface area contributed by atoms with Gasteiger partial charge in [-0.05, 0) is 44.0 Å². The molecule has 0 heterocycles. The third-order valence-electron chi connectivity index (χ3n) is 2.33. The molecule has 0 aromatic carbocycles. The lowest BCUT2D eigenvalue weighted by Gasteiger charge is -2.12. The Hall–Kier alpha value is -0.915. The molecule has 0 unspecified atom stereocenters. The Morgan fingerprint density at radius 2 is 2.23 bits per heavy atom. The highest BCUT2D eigenvalue weighted by molar-refractivity contribution is 6.30. The average Bonchev–Trinajstić information content (AvgIpc) is 2.15. The lowest BCUT2D eigenvalue weighted by molar-refractivity contribution is 0.909. The largest absolute Gasteiger partial charge is 0.438 e. The van der Waals surface area contributed by atoms with Crippen LogP contribution in [0.3, 0.4) is 0 Å². The molecule has 0 aliphatic heterocycles. The van der Waals surface area contributed by atoms with Gasteiger partial charge >= 0.3 is 0 Å². The maximum absolute atomic E-state index is 3.11. The fourth-order valence-electron chi connectivity index (χ4n) is 1.37. The van der Waals surface area contributed by atoms with E-state index in [1.807, 2.05) is 14.2 Å². The van der Waals surface area contributed by atoms with Crippen molar-refractivity contribution in [3.8, 4) is 0 Å². The van der Waals surface area contributed by atoms with Gasteiger partial charge in [0.05, 0.1) is 0 Å². The molecule has 1 radical (unpaired) electrons. The van der Waals surface area contributed by atoms with Crippen LogP contribution < -0.4 is 5.23 Å². The summed E-state index contributed by atoms with van der Waals surface area (Å²) in [5.41, 5.74) is 4.26. The number of rotatable bonds is 3. The van der Waals surface area contributed by atoms with E-state index in [0.717, 1.165) is 0 Å². The van der Waals surface area contributed by atoms with Gasteiger partial charge in [0, 0.05) is 0 Å². The summed E-state index contributed by atoms with van der Waals surface area (Å²) in [6.45, 7) is 6.32. The molecule has 0 bridgehead atoms. The minimum atomic E-state index is 1.18. The van der Waals surface area contributed by atoms with Gasteiger partial charge in [0.25, 0.3) is 0 Å². The molecule has 1 nitrogen and oxygen atoms in total. The highest BCUT2D eigenvalue weighted by Crippen LogP contribution is 2.22. The first kappa shape index (κ1) is 10.2. The Morgan fingerprint density at radius 1 is 1.46 bits per heavy atom. The van der Waals surface area contributed by atoms with E-state index in [2.05, 4.69) is 37.4 Å². The van der Waals surface area contributed by atoms with Crippen molar-refractivity contribution < 1.29 is 0 Å². The molecule has 2 heteroatoms. The van der Waals surface area contributed by atoms with Gasteiger partial charge in [-0.2, -0.15) is 0 Å². The van der Waals surface area contributed by atoms with Gasteiger partial charge in [-0.1, -0.05) is 24.5 Å². The van der Waals surface area contributed by atoms with E-state index in [0.29, 0.717) is 0 Å². The van der Waals surface area contributed by atoms with E-state index >= 15 is 0 Å². The lowest BCUT2D eigenvalue weighted by Crippen LogP contribution is -2.08. The first-order chi connectivity index (χ1) is 6.24. The molecule has 69 valence electrons. The highest BCUT2D eigenvalue weighted by Gasteiger charge is 2.04. The lowest BCUT2D eigenvalue weighted by atomic mass is 9.94. The molecule has 1 N–H and O–H groups in total. The van der Waals surface area contributed by atoms with Gasteiger partial charge in [-0.25, -0.2) is 0 Å². The van der Waals surface area contributed by atoms with Crippen LogP contribution in [-0.4, -0.2) is 7.41 Å². The van der Waals surface area contributed by atoms with E-state index in [-0.39, 0.29) is 0 Å². The molecular weight excluding hydrogens is 157 g/mol. The zero-order valence-corrected chi connectivity index (χ0v) is 8.72. The Morgan fingerprint density at radius 3 is 2.77 bits per heavy atom. The first-order valence-electron chi connectivity index (χ1n) is 4.81. The van der Waals surface area contributed by atoms with Gasteiger partial charge in [-0.15, -0.1) is 0 Å². The van der Waals surface area contributed by atoms with Crippen LogP contribution in [0.4, 0.5) is 0 Å². The Labute approximate surface area is 81.9 Å². The monoisotopic (exact) mass is 174 g/mol. The fourth-order valence-corrected chi connectivity index (χ4v) is 1.37. The topological polar surface area (TPSA) is 12.0 Å². The molecule has 1 aliphatic carbocycles. The second-order valence-corrected chi connectivity index (χ2v) is 3.49. The second-order valence-electron chi connectivity index (χ2n) is 3.49. The van der Waals surface area contributed by atoms with Crippen LogP contribution in [0.15, 0.2) is 35.1 Å². The van der Waals surface area contributed by atoms with Gasteiger partial charge in [0.15, 0.2) is 0 Å². The molecule has 0 saturated heterocycles. The van der Waals surface area contributed by atoms with Crippen molar-refractivity contribution >= 4 is 7.41 Å². The summed E-state index contributed by atoms with van der Waals surface area (Å²) < 4.78 is 0. The van der Waals surface area contributed by atoms with Crippen molar-refractivity contribution in [3.63, 3.8) is 0 Å². The molecule has 0 aromatic rings. The van der Waals surface area contributed by atoms with Gasteiger partial charge in [0.1, 0.15) is 0 Å². The molecule has 0 saturated carbocycles. The summed E-state index contributed by atoms with van der Waals surface area (Å²) in [4.78, 5) is 0. The van der Waals surface area contributed by atoms with E-state index in [1.54, 1.807) is 0 Å². The molecule has 1 rings (SSSR count).